The lowest BCUT2D eigenvalue weighted by atomic mass is 9.87. The molecule has 0 fully saturated rings. The van der Waals surface area contributed by atoms with Crippen molar-refractivity contribution in [3.05, 3.63) is 12.2 Å². The molecule has 0 aliphatic carbocycles. The van der Waals surface area contributed by atoms with Gasteiger partial charge in [-0.15, -0.1) is 0 Å². The van der Waals surface area contributed by atoms with Gasteiger partial charge in [-0.2, -0.15) is 0 Å². The molecule has 2 nitrogen and oxygen atoms in total. The summed E-state index contributed by atoms with van der Waals surface area (Å²) < 4.78 is 0. The van der Waals surface area contributed by atoms with Gasteiger partial charge in [-0.1, -0.05) is 27.4 Å². The maximum atomic E-state index is 11.3. The van der Waals surface area contributed by atoms with Crippen LogP contribution in [0.2, 0.25) is 0 Å². The van der Waals surface area contributed by atoms with Gasteiger partial charge < -0.3 is 0 Å². The molecule has 0 bridgehead atoms. The van der Waals surface area contributed by atoms with Gasteiger partial charge in [0.05, 0.1) is 6.42 Å². The maximum absolute atomic E-state index is 11.3. The number of hydrogen-bond acceptors (Lipinski definition) is 2. The van der Waals surface area contributed by atoms with E-state index in [1.165, 1.54) is 0 Å². The van der Waals surface area contributed by atoms with Crippen molar-refractivity contribution >= 4 is 11.6 Å². The largest absolute Gasteiger partial charge is 0.299 e. The molecule has 0 unspecified atom stereocenters. The fraction of sp³-hybridized carbons (Fsp3) is 0.600. The second-order valence-corrected chi connectivity index (χ2v) is 4.05. The van der Waals surface area contributed by atoms with E-state index in [4.69, 9.17) is 0 Å². The van der Waals surface area contributed by atoms with Gasteiger partial charge in [0.1, 0.15) is 5.78 Å². The number of ketones is 2. The lowest BCUT2D eigenvalue weighted by Gasteiger charge is -2.15. The first-order valence-electron chi connectivity index (χ1n) is 3.97. The number of rotatable bonds is 3. The molecule has 12 heavy (non-hydrogen) atoms. The second-order valence-electron chi connectivity index (χ2n) is 4.05. The Morgan fingerprint density at radius 1 is 1.25 bits per heavy atom. The molecular formula is C10H16O2. The summed E-state index contributed by atoms with van der Waals surface area (Å²) in [5.41, 5.74) is 0.0260. The van der Waals surface area contributed by atoms with Crippen molar-refractivity contribution in [3.8, 4) is 0 Å². The van der Waals surface area contributed by atoms with E-state index >= 15 is 0 Å². The van der Waals surface area contributed by atoms with Crippen LogP contribution < -0.4 is 0 Å². The monoisotopic (exact) mass is 168 g/mol. The summed E-state index contributed by atoms with van der Waals surface area (Å²) in [6.45, 7) is 10.5. The van der Waals surface area contributed by atoms with E-state index in [9.17, 15) is 9.59 Å². The molecule has 0 saturated heterocycles. The highest BCUT2D eigenvalue weighted by atomic mass is 16.1. The molecule has 0 aromatic heterocycles. The van der Waals surface area contributed by atoms with Crippen LogP contribution in [-0.2, 0) is 9.59 Å². The highest BCUT2D eigenvalue weighted by Crippen LogP contribution is 2.17. The van der Waals surface area contributed by atoms with Crippen molar-refractivity contribution in [1.82, 2.24) is 0 Å². The van der Waals surface area contributed by atoms with Gasteiger partial charge in [0, 0.05) is 5.41 Å². The zero-order valence-electron chi connectivity index (χ0n) is 8.23. The average Bonchev–Trinajstić information content (AvgIpc) is 1.85. The van der Waals surface area contributed by atoms with Crippen LogP contribution in [0.15, 0.2) is 12.2 Å². The molecule has 0 saturated carbocycles. The van der Waals surface area contributed by atoms with Crippen LogP contribution in [0.25, 0.3) is 0 Å². The predicted molar refractivity (Wildman–Crippen MR) is 48.9 cm³/mol. The predicted octanol–water partition coefficient (Wildman–Crippen LogP) is 2.14. The molecule has 0 radical (unpaired) electrons. The fourth-order valence-electron chi connectivity index (χ4n) is 0.562. The van der Waals surface area contributed by atoms with Crippen molar-refractivity contribution in [1.29, 1.82) is 0 Å². The first-order chi connectivity index (χ1) is 5.25. The summed E-state index contributed by atoms with van der Waals surface area (Å²) in [4.78, 5) is 22.4. The Hall–Kier alpha value is -0.920. The van der Waals surface area contributed by atoms with Crippen molar-refractivity contribution in [2.45, 2.75) is 34.1 Å². The van der Waals surface area contributed by atoms with Gasteiger partial charge in [-0.3, -0.25) is 9.59 Å². The van der Waals surface area contributed by atoms with Gasteiger partial charge in [-0.05, 0) is 12.5 Å². The number of allylic oxidation sites excluding steroid dienone is 1. The molecule has 0 atom stereocenters. The summed E-state index contributed by atoms with van der Waals surface area (Å²) in [5.74, 6) is -0.189. The zero-order valence-corrected chi connectivity index (χ0v) is 8.23. The van der Waals surface area contributed by atoms with Crippen LogP contribution in [0.1, 0.15) is 34.1 Å². The smallest absolute Gasteiger partial charge is 0.165 e. The molecular weight excluding hydrogens is 152 g/mol. The first kappa shape index (κ1) is 11.1. The number of hydrogen-bond donors (Lipinski definition) is 0. The van der Waals surface area contributed by atoms with Crippen LogP contribution in [-0.4, -0.2) is 11.6 Å². The molecule has 0 N–H and O–H groups in total. The van der Waals surface area contributed by atoms with E-state index in [-0.39, 0.29) is 18.0 Å². The summed E-state index contributed by atoms with van der Waals surface area (Å²) in [5, 5.41) is 0. The van der Waals surface area contributed by atoms with Gasteiger partial charge in [-0.25, -0.2) is 0 Å². The first-order valence-corrected chi connectivity index (χ1v) is 3.97. The molecule has 0 heterocycles. The quantitative estimate of drug-likeness (QED) is 0.478. The SMILES string of the molecule is C=C(C)C(=O)CC(=O)C(C)(C)C. The zero-order chi connectivity index (χ0) is 9.94. The van der Waals surface area contributed by atoms with Crippen LogP contribution in [0.4, 0.5) is 0 Å². The standard InChI is InChI=1S/C10H16O2/c1-7(2)8(11)6-9(12)10(3,4)5/h1,6H2,2-5H3. The van der Waals surface area contributed by atoms with Gasteiger partial charge in [0.25, 0.3) is 0 Å². The Balaban J connectivity index is 4.21. The van der Waals surface area contributed by atoms with Crippen LogP contribution in [0.3, 0.4) is 0 Å². The van der Waals surface area contributed by atoms with E-state index in [1.54, 1.807) is 27.7 Å². The summed E-state index contributed by atoms with van der Waals surface area (Å²) >= 11 is 0. The van der Waals surface area contributed by atoms with Crippen LogP contribution in [0, 0.1) is 5.41 Å². The third-order valence-electron chi connectivity index (χ3n) is 1.63. The Morgan fingerprint density at radius 2 is 1.67 bits per heavy atom. The molecule has 2 heteroatoms. The minimum Gasteiger partial charge on any atom is -0.299 e. The topological polar surface area (TPSA) is 34.1 Å². The number of carbonyl (C=O) groups excluding carboxylic acids is 2. The number of Topliss-reactive ketones (excluding diaryl/α,β-unsaturated/α-hetero) is 2. The minimum atomic E-state index is -0.425. The molecule has 0 aromatic rings. The summed E-state index contributed by atoms with van der Waals surface area (Å²) in [6, 6.07) is 0. The Kier molecular flexibility index (Phi) is 3.37. The second kappa shape index (κ2) is 3.65. The average molecular weight is 168 g/mol. The third kappa shape index (κ3) is 3.46. The molecule has 0 aromatic carbocycles. The molecule has 0 spiro atoms. The third-order valence-corrected chi connectivity index (χ3v) is 1.63. The van der Waals surface area contributed by atoms with Gasteiger partial charge in [0.2, 0.25) is 0 Å². The normalized spacial score (nSPS) is 11.0. The Labute approximate surface area is 73.7 Å². The molecule has 68 valence electrons. The van der Waals surface area contributed by atoms with Crippen LogP contribution in [0.5, 0.6) is 0 Å². The molecule has 0 amide bonds. The summed E-state index contributed by atoms with van der Waals surface area (Å²) in [7, 11) is 0. The fourth-order valence-corrected chi connectivity index (χ4v) is 0.562. The highest BCUT2D eigenvalue weighted by Gasteiger charge is 2.23. The van der Waals surface area contributed by atoms with Crippen LogP contribution >= 0.6 is 0 Å². The molecule has 0 aliphatic rings. The summed E-state index contributed by atoms with van der Waals surface area (Å²) in [6.07, 6.45) is -0.0150. The lowest BCUT2D eigenvalue weighted by molar-refractivity contribution is -0.130. The van der Waals surface area contributed by atoms with E-state index in [2.05, 4.69) is 6.58 Å². The Morgan fingerprint density at radius 3 is 1.92 bits per heavy atom. The number of carbonyl (C=O) groups is 2. The molecule has 0 rings (SSSR count). The molecule has 0 aliphatic heterocycles. The maximum Gasteiger partial charge on any atom is 0.165 e. The van der Waals surface area contributed by atoms with Gasteiger partial charge >= 0.3 is 0 Å². The lowest BCUT2D eigenvalue weighted by Crippen LogP contribution is -2.23. The van der Waals surface area contributed by atoms with E-state index in [0.717, 1.165) is 0 Å². The van der Waals surface area contributed by atoms with E-state index < -0.39 is 5.41 Å². The van der Waals surface area contributed by atoms with Crippen molar-refractivity contribution in [3.63, 3.8) is 0 Å². The van der Waals surface area contributed by atoms with Crippen molar-refractivity contribution in [2.75, 3.05) is 0 Å². The highest BCUT2D eigenvalue weighted by molar-refractivity contribution is 6.08. The minimum absolute atomic E-state index is 0.0150. The van der Waals surface area contributed by atoms with E-state index in [1.807, 2.05) is 0 Å². The van der Waals surface area contributed by atoms with E-state index in [0.29, 0.717) is 5.57 Å². The van der Waals surface area contributed by atoms with Gasteiger partial charge in [0.15, 0.2) is 5.78 Å². The van der Waals surface area contributed by atoms with Crippen molar-refractivity contribution in [2.24, 2.45) is 5.41 Å². The Bertz CT molecular complexity index is 218. The van der Waals surface area contributed by atoms with Crippen molar-refractivity contribution < 1.29 is 9.59 Å².